The Morgan fingerprint density at radius 2 is 1.95 bits per heavy atom. The van der Waals surface area contributed by atoms with E-state index in [-0.39, 0.29) is 17.9 Å². The zero-order valence-corrected chi connectivity index (χ0v) is 13.6. The zero-order valence-electron chi connectivity index (χ0n) is 13.6. The van der Waals surface area contributed by atoms with Crippen LogP contribution in [0.15, 0.2) is 0 Å². The average molecular weight is 307 g/mol. The highest BCUT2D eigenvalue weighted by Gasteiger charge is 2.22. The molecule has 1 fully saturated rings. The lowest BCUT2D eigenvalue weighted by molar-refractivity contribution is -0.122. The van der Waals surface area contributed by atoms with Gasteiger partial charge in [0.1, 0.15) is 0 Å². The van der Waals surface area contributed by atoms with E-state index in [9.17, 15) is 9.59 Å². The van der Waals surface area contributed by atoms with Crippen molar-refractivity contribution in [1.29, 1.82) is 0 Å². The van der Waals surface area contributed by atoms with E-state index >= 15 is 0 Å². The number of amides is 2. The molecule has 2 heterocycles. The summed E-state index contributed by atoms with van der Waals surface area (Å²) in [5.74, 6) is -0.266. The fraction of sp³-hybridized carbons (Fsp3) is 0.667. The largest absolute Gasteiger partial charge is 0.369 e. The SMILES string of the molecule is Cc1nn(C)c(C)c1CC(=O)NC1CCN(CC(N)=O)CC1. The average Bonchev–Trinajstić information content (AvgIpc) is 2.67. The number of hydrogen-bond acceptors (Lipinski definition) is 4. The molecule has 0 atom stereocenters. The third-order valence-electron chi connectivity index (χ3n) is 4.33. The van der Waals surface area contributed by atoms with E-state index in [1.165, 1.54) is 0 Å². The van der Waals surface area contributed by atoms with Crippen molar-refractivity contribution in [1.82, 2.24) is 20.0 Å². The monoisotopic (exact) mass is 307 g/mol. The molecule has 0 spiro atoms. The van der Waals surface area contributed by atoms with Gasteiger partial charge >= 0.3 is 0 Å². The first-order valence-electron chi connectivity index (χ1n) is 7.66. The summed E-state index contributed by atoms with van der Waals surface area (Å²) >= 11 is 0. The van der Waals surface area contributed by atoms with Gasteiger partial charge in [-0.25, -0.2) is 0 Å². The highest BCUT2D eigenvalue weighted by Crippen LogP contribution is 2.14. The molecule has 3 N–H and O–H groups in total. The molecule has 7 nitrogen and oxygen atoms in total. The maximum Gasteiger partial charge on any atom is 0.231 e. The maximum absolute atomic E-state index is 12.2. The number of aryl methyl sites for hydroxylation is 2. The number of likely N-dealkylation sites (tertiary alicyclic amines) is 1. The van der Waals surface area contributed by atoms with Crippen LogP contribution in [0.2, 0.25) is 0 Å². The van der Waals surface area contributed by atoms with Crippen molar-refractivity contribution in [3.05, 3.63) is 17.0 Å². The van der Waals surface area contributed by atoms with Gasteiger partial charge in [0.25, 0.3) is 0 Å². The number of carbonyl (C=O) groups is 2. The second-order valence-corrected chi connectivity index (χ2v) is 6.03. The van der Waals surface area contributed by atoms with Crippen molar-refractivity contribution >= 4 is 11.8 Å². The quantitative estimate of drug-likeness (QED) is 0.777. The predicted molar refractivity (Wildman–Crippen MR) is 83.2 cm³/mol. The van der Waals surface area contributed by atoms with Gasteiger partial charge in [-0.2, -0.15) is 5.10 Å². The number of primary amides is 1. The van der Waals surface area contributed by atoms with E-state index in [4.69, 9.17) is 5.73 Å². The highest BCUT2D eigenvalue weighted by molar-refractivity contribution is 5.79. The van der Waals surface area contributed by atoms with Crippen molar-refractivity contribution in [3.8, 4) is 0 Å². The van der Waals surface area contributed by atoms with Crippen LogP contribution in [0.25, 0.3) is 0 Å². The molecule has 0 aliphatic carbocycles. The fourth-order valence-corrected chi connectivity index (χ4v) is 2.97. The van der Waals surface area contributed by atoms with Gasteiger partial charge in [0.2, 0.25) is 11.8 Å². The number of nitrogens with zero attached hydrogens (tertiary/aromatic N) is 3. The van der Waals surface area contributed by atoms with Crippen LogP contribution in [0.5, 0.6) is 0 Å². The minimum absolute atomic E-state index is 0.0348. The van der Waals surface area contributed by atoms with Gasteiger partial charge in [0.15, 0.2) is 0 Å². The summed E-state index contributed by atoms with van der Waals surface area (Å²) in [5, 5.41) is 7.42. The van der Waals surface area contributed by atoms with E-state index < -0.39 is 0 Å². The van der Waals surface area contributed by atoms with Crippen molar-refractivity contribution in [2.75, 3.05) is 19.6 Å². The highest BCUT2D eigenvalue weighted by atomic mass is 16.2. The Morgan fingerprint density at radius 3 is 2.45 bits per heavy atom. The summed E-state index contributed by atoms with van der Waals surface area (Å²) in [6.07, 6.45) is 2.07. The lowest BCUT2D eigenvalue weighted by atomic mass is 10.0. The molecule has 1 aromatic heterocycles. The summed E-state index contributed by atoms with van der Waals surface area (Å²) in [4.78, 5) is 25.1. The molecule has 1 aromatic rings. The molecule has 2 rings (SSSR count). The Kier molecular flexibility index (Phi) is 5.18. The molecule has 1 saturated heterocycles. The number of nitrogens with two attached hydrogens (primary N) is 1. The molecule has 0 bridgehead atoms. The molecule has 22 heavy (non-hydrogen) atoms. The predicted octanol–water partition coefficient (Wildman–Crippen LogP) is -0.355. The van der Waals surface area contributed by atoms with Gasteiger partial charge < -0.3 is 11.1 Å². The molecule has 122 valence electrons. The van der Waals surface area contributed by atoms with Gasteiger partial charge in [-0.1, -0.05) is 0 Å². The smallest absolute Gasteiger partial charge is 0.231 e. The first-order chi connectivity index (χ1) is 10.4. The number of rotatable bonds is 5. The van der Waals surface area contributed by atoms with Crippen LogP contribution in [0, 0.1) is 13.8 Å². The Bertz CT molecular complexity index is 559. The van der Waals surface area contributed by atoms with Gasteiger partial charge in [0.05, 0.1) is 18.7 Å². The van der Waals surface area contributed by atoms with Crippen molar-refractivity contribution in [2.45, 2.75) is 39.2 Å². The molecular weight excluding hydrogens is 282 g/mol. The van der Waals surface area contributed by atoms with Crippen LogP contribution >= 0.6 is 0 Å². The first kappa shape index (κ1) is 16.5. The Balaban J connectivity index is 1.82. The minimum Gasteiger partial charge on any atom is -0.369 e. The summed E-state index contributed by atoms with van der Waals surface area (Å²) in [7, 11) is 1.89. The Hall–Kier alpha value is -1.89. The summed E-state index contributed by atoms with van der Waals surface area (Å²) in [5.41, 5.74) is 8.14. The summed E-state index contributed by atoms with van der Waals surface area (Å²) in [6.45, 7) is 5.79. The second-order valence-electron chi connectivity index (χ2n) is 6.03. The number of hydrogen-bond donors (Lipinski definition) is 2. The lowest BCUT2D eigenvalue weighted by Crippen LogP contribution is -2.47. The molecular formula is C15H25N5O2. The number of nitrogens with one attached hydrogen (secondary N) is 1. The maximum atomic E-state index is 12.2. The van der Waals surface area contributed by atoms with Crippen LogP contribution in [0.4, 0.5) is 0 Å². The number of aromatic nitrogens is 2. The van der Waals surface area contributed by atoms with Crippen LogP contribution in [-0.2, 0) is 23.1 Å². The molecule has 2 amide bonds. The molecule has 1 aliphatic rings. The van der Waals surface area contributed by atoms with Crippen LogP contribution in [-0.4, -0.2) is 52.2 Å². The number of piperidine rings is 1. The first-order valence-corrected chi connectivity index (χ1v) is 7.66. The van der Waals surface area contributed by atoms with Crippen LogP contribution in [0.3, 0.4) is 0 Å². The van der Waals surface area contributed by atoms with Gasteiger partial charge in [-0.05, 0) is 26.7 Å². The standard InChI is InChI=1S/C15H25N5O2/c1-10-13(11(2)19(3)18-10)8-15(22)17-12-4-6-20(7-5-12)9-14(16)21/h12H,4-9H2,1-3H3,(H2,16,21)(H,17,22). The number of carbonyl (C=O) groups excluding carboxylic acids is 2. The molecule has 0 unspecified atom stereocenters. The third kappa shape index (κ3) is 4.07. The normalized spacial score (nSPS) is 16.7. The van der Waals surface area contributed by atoms with Gasteiger partial charge in [-0.15, -0.1) is 0 Å². The van der Waals surface area contributed by atoms with Crippen molar-refractivity contribution < 1.29 is 9.59 Å². The van der Waals surface area contributed by atoms with Crippen molar-refractivity contribution in [2.24, 2.45) is 12.8 Å². The van der Waals surface area contributed by atoms with E-state index in [2.05, 4.69) is 10.4 Å². The van der Waals surface area contributed by atoms with E-state index in [0.717, 1.165) is 42.9 Å². The van der Waals surface area contributed by atoms with Crippen LogP contribution in [0.1, 0.15) is 29.8 Å². The topological polar surface area (TPSA) is 93.2 Å². The molecule has 0 saturated carbocycles. The third-order valence-corrected chi connectivity index (χ3v) is 4.33. The van der Waals surface area contributed by atoms with Gasteiger partial charge in [-0.3, -0.25) is 19.2 Å². The van der Waals surface area contributed by atoms with E-state index in [1.807, 2.05) is 25.8 Å². The van der Waals surface area contributed by atoms with E-state index in [0.29, 0.717) is 13.0 Å². The fourth-order valence-electron chi connectivity index (χ4n) is 2.97. The molecule has 7 heteroatoms. The Labute approximate surface area is 130 Å². The van der Waals surface area contributed by atoms with Crippen molar-refractivity contribution in [3.63, 3.8) is 0 Å². The summed E-state index contributed by atoms with van der Waals surface area (Å²) in [6, 6.07) is 0.175. The Morgan fingerprint density at radius 1 is 1.32 bits per heavy atom. The minimum atomic E-state index is -0.301. The van der Waals surface area contributed by atoms with E-state index in [1.54, 1.807) is 4.68 Å². The molecule has 0 aromatic carbocycles. The van der Waals surface area contributed by atoms with Crippen LogP contribution < -0.4 is 11.1 Å². The second kappa shape index (κ2) is 6.91. The zero-order chi connectivity index (χ0) is 16.3. The van der Waals surface area contributed by atoms with Gasteiger partial charge in [0, 0.05) is 37.4 Å². The lowest BCUT2D eigenvalue weighted by Gasteiger charge is -2.31. The molecule has 1 aliphatic heterocycles. The summed E-state index contributed by atoms with van der Waals surface area (Å²) < 4.78 is 1.81. The molecule has 0 radical (unpaired) electrons.